The second-order valence-corrected chi connectivity index (χ2v) is 4.96. The summed E-state index contributed by atoms with van der Waals surface area (Å²) in [6, 6.07) is 7.19. The molecule has 9 nitrogen and oxygen atoms in total. The Kier molecular flexibility index (Phi) is 3.75. The zero-order valence-corrected chi connectivity index (χ0v) is 12.6. The standard InChI is InChI=1S/C14H14N6O3/c1-19(13(21)12-16-14(22)20(2)17-12)8-9-7-11(18-23-9)10-5-3-4-6-15-10/h3-7H,8H2,1-2H3,(H,16,17,22). The monoisotopic (exact) mass is 314 g/mol. The van der Waals surface area contributed by atoms with Gasteiger partial charge < -0.3 is 9.42 Å². The molecule has 3 aromatic rings. The number of amides is 1. The summed E-state index contributed by atoms with van der Waals surface area (Å²) in [6.07, 6.45) is 1.66. The third-order valence-electron chi connectivity index (χ3n) is 3.20. The Morgan fingerprint density at radius 3 is 2.87 bits per heavy atom. The van der Waals surface area contributed by atoms with Gasteiger partial charge in [0.15, 0.2) is 5.76 Å². The Labute approximate surface area is 130 Å². The van der Waals surface area contributed by atoms with E-state index in [2.05, 4.69) is 20.2 Å². The van der Waals surface area contributed by atoms with E-state index in [-0.39, 0.29) is 12.4 Å². The van der Waals surface area contributed by atoms with E-state index in [1.54, 1.807) is 19.3 Å². The molecule has 0 saturated carbocycles. The van der Waals surface area contributed by atoms with Crippen LogP contribution in [0.2, 0.25) is 0 Å². The van der Waals surface area contributed by atoms with Crippen molar-refractivity contribution in [1.82, 2.24) is 29.8 Å². The van der Waals surface area contributed by atoms with Crippen molar-refractivity contribution in [2.45, 2.75) is 6.54 Å². The van der Waals surface area contributed by atoms with E-state index in [0.717, 1.165) is 4.68 Å². The highest BCUT2D eigenvalue weighted by atomic mass is 16.5. The first-order valence-corrected chi connectivity index (χ1v) is 6.80. The van der Waals surface area contributed by atoms with E-state index >= 15 is 0 Å². The van der Waals surface area contributed by atoms with Crippen LogP contribution >= 0.6 is 0 Å². The van der Waals surface area contributed by atoms with Crippen molar-refractivity contribution in [3.63, 3.8) is 0 Å². The molecule has 1 N–H and O–H groups in total. The van der Waals surface area contributed by atoms with E-state index in [4.69, 9.17) is 4.52 Å². The number of hydrogen-bond acceptors (Lipinski definition) is 6. The van der Waals surface area contributed by atoms with Crippen LogP contribution in [0.5, 0.6) is 0 Å². The SMILES string of the molecule is CN(Cc1cc(-c2ccccn2)no1)C(=O)c1nn(C)c(=O)[nH]1. The molecule has 0 aliphatic rings. The summed E-state index contributed by atoms with van der Waals surface area (Å²) in [5, 5.41) is 7.76. The molecular weight excluding hydrogens is 300 g/mol. The van der Waals surface area contributed by atoms with E-state index in [0.29, 0.717) is 17.1 Å². The third-order valence-corrected chi connectivity index (χ3v) is 3.20. The van der Waals surface area contributed by atoms with Gasteiger partial charge in [0.25, 0.3) is 5.91 Å². The number of hydrogen-bond donors (Lipinski definition) is 1. The number of nitrogens with zero attached hydrogens (tertiary/aromatic N) is 5. The molecule has 0 aromatic carbocycles. The fraction of sp³-hybridized carbons (Fsp3) is 0.214. The van der Waals surface area contributed by atoms with Crippen molar-refractivity contribution in [2.75, 3.05) is 7.05 Å². The molecule has 3 aromatic heterocycles. The van der Waals surface area contributed by atoms with E-state index in [1.165, 1.54) is 11.9 Å². The van der Waals surface area contributed by atoms with Gasteiger partial charge in [-0.25, -0.2) is 9.48 Å². The number of aryl methyl sites for hydroxylation is 1. The average molecular weight is 314 g/mol. The van der Waals surface area contributed by atoms with Gasteiger partial charge in [-0.2, -0.15) is 0 Å². The molecule has 0 aliphatic heterocycles. The van der Waals surface area contributed by atoms with Crippen LogP contribution in [0, 0.1) is 0 Å². The van der Waals surface area contributed by atoms with Gasteiger partial charge in [0, 0.05) is 26.4 Å². The number of carbonyl (C=O) groups excluding carboxylic acids is 1. The molecule has 3 rings (SSSR count). The lowest BCUT2D eigenvalue weighted by atomic mass is 10.2. The second-order valence-electron chi connectivity index (χ2n) is 4.96. The number of aromatic nitrogens is 5. The van der Waals surface area contributed by atoms with Gasteiger partial charge in [-0.15, -0.1) is 5.10 Å². The maximum Gasteiger partial charge on any atom is 0.343 e. The smallest absolute Gasteiger partial charge is 0.343 e. The summed E-state index contributed by atoms with van der Waals surface area (Å²) in [5.41, 5.74) is 0.831. The third kappa shape index (κ3) is 3.03. The Bertz CT molecular complexity index is 879. The first-order valence-electron chi connectivity index (χ1n) is 6.80. The Balaban J connectivity index is 1.73. The van der Waals surface area contributed by atoms with Gasteiger partial charge in [0.1, 0.15) is 5.69 Å². The number of rotatable bonds is 4. The number of nitrogens with one attached hydrogen (secondary N) is 1. The minimum Gasteiger partial charge on any atom is -0.359 e. The highest BCUT2D eigenvalue weighted by molar-refractivity contribution is 5.90. The molecule has 1 amide bonds. The molecule has 118 valence electrons. The van der Waals surface area contributed by atoms with E-state index < -0.39 is 11.6 Å². The predicted octanol–water partition coefficient (Wildman–Crippen LogP) is 0.431. The van der Waals surface area contributed by atoms with Crippen molar-refractivity contribution < 1.29 is 9.32 Å². The molecule has 0 unspecified atom stereocenters. The molecule has 0 aliphatic carbocycles. The lowest BCUT2D eigenvalue weighted by molar-refractivity contribution is 0.0760. The van der Waals surface area contributed by atoms with Crippen molar-refractivity contribution in [3.8, 4) is 11.4 Å². The number of H-pyrrole nitrogens is 1. The van der Waals surface area contributed by atoms with Gasteiger partial charge in [0.05, 0.1) is 12.2 Å². The lowest BCUT2D eigenvalue weighted by Crippen LogP contribution is -2.27. The number of carbonyl (C=O) groups is 1. The van der Waals surface area contributed by atoms with Gasteiger partial charge in [0.2, 0.25) is 5.82 Å². The van der Waals surface area contributed by atoms with Crippen molar-refractivity contribution in [1.29, 1.82) is 0 Å². The topological polar surface area (TPSA) is 110 Å². The first-order chi connectivity index (χ1) is 11.0. The van der Waals surface area contributed by atoms with Crippen LogP contribution < -0.4 is 5.69 Å². The minimum atomic E-state index is -0.446. The molecule has 0 saturated heterocycles. The van der Waals surface area contributed by atoms with Crippen LogP contribution in [-0.2, 0) is 13.6 Å². The van der Waals surface area contributed by atoms with Crippen LogP contribution in [0.15, 0.2) is 39.8 Å². The molecular formula is C14H14N6O3. The average Bonchev–Trinajstić information content (AvgIpc) is 3.15. The van der Waals surface area contributed by atoms with Crippen LogP contribution in [0.25, 0.3) is 11.4 Å². The molecule has 0 bridgehead atoms. The number of pyridine rings is 1. The lowest BCUT2D eigenvalue weighted by Gasteiger charge is -2.12. The summed E-state index contributed by atoms with van der Waals surface area (Å²) in [4.78, 5) is 31.5. The van der Waals surface area contributed by atoms with Crippen LogP contribution in [0.3, 0.4) is 0 Å². The van der Waals surface area contributed by atoms with Crippen LogP contribution in [0.1, 0.15) is 16.4 Å². The zero-order valence-electron chi connectivity index (χ0n) is 12.6. The van der Waals surface area contributed by atoms with Crippen molar-refractivity contribution in [2.24, 2.45) is 7.05 Å². The minimum absolute atomic E-state index is 0.0236. The summed E-state index contributed by atoms with van der Waals surface area (Å²) < 4.78 is 6.29. The largest absolute Gasteiger partial charge is 0.359 e. The number of aromatic amines is 1. The van der Waals surface area contributed by atoms with Crippen LogP contribution in [-0.4, -0.2) is 42.8 Å². The maximum atomic E-state index is 12.2. The summed E-state index contributed by atoms with van der Waals surface area (Å²) in [7, 11) is 3.05. The fourth-order valence-corrected chi connectivity index (χ4v) is 2.01. The molecule has 3 heterocycles. The Morgan fingerprint density at radius 2 is 2.22 bits per heavy atom. The normalized spacial score (nSPS) is 10.7. The van der Waals surface area contributed by atoms with Gasteiger partial charge >= 0.3 is 5.69 Å². The van der Waals surface area contributed by atoms with Gasteiger partial charge in [-0.3, -0.25) is 14.8 Å². The predicted molar refractivity (Wildman–Crippen MR) is 79.4 cm³/mol. The maximum absolute atomic E-state index is 12.2. The van der Waals surface area contributed by atoms with Crippen molar-refractivity contribution in [3.05, 3.63) is 52.5 Å². The molecule has 0 spiro atoms. The van der Waals surface area contributed by atoms with Crippen molar-refractivity contribution >= 4 is 5.91 Å². The summed E-state index contributed by atoms with van der Waals surface area (Å²) in [6.45, 7) is 0.192. The van der Waals surface area contributed by atoms with Gasteiger partial charge in [-0.1, -0.05) is 11.2 Å². The molecule has 23 heavy (non-hydrogen) atoms. The highest BCUT2D eigenvalue weighted by Gasteiger charge is 2.19. The molecule has 0 atom stereocenters. The zero-order chi connectivity index (χ0) is 16.4. The van der Waals surface area contributed by atoms with E-state index in [9.17, 15) is 9.59 Å². The second kappa shape index (κ2) is 5.87. The van der Waals surface area contributed by atoms with Crippen LogP contribution in [0.4, 0.5) is 0 Å². The quantitative estimate of drug-likeness (QED) is 0.748. The van der Waals surface area contributed by atoms with E-state index in [1.807, 2.05) is 18.2 Å². The molecule has 0 radical (unpaired) electrons. The molecule has 9 heteroatoms. The Hall–Kier alpha value is -3.23. The summed E-state index contributed by atoms with van der Waals surface area (Å²) in [5.74, 6) is 0.0581. The van der Waals surface area contributed by atoms with Gasteiger partial charge in [-0.05, 0) is 12.1 Å². The first kappa shape index (κ1) is 14.7. The fourth-order valence-electron chi connectivity index (χ4n) is 2.01. The Morgan fingerprint density at radius 1 is 1.39 bits per heavy atom. The highest BCUT2D eigenvalue weighted by Crippen LogP contribution is 2.17. The molecule has 0 fully saturated rings. The summed E-state index contributed by atoms with van der Waals surface area (Å²) >= 11 is 0.